The number of hydrogen-bond donors (Lipinski definition) is 3. The standard InChI is InChI=1S/C16H11Cl5N4O3S/c17-9-4-5-11(18)12(7-9)22-15(29)24-14(16(19,20)21)23-13(26)8-2-1-3-10(6-8)25(27)28/h1-7,14H,(H,23,26)(H2,22,24,29)/t14-/m1/s1. The summed E-state index contributed by atoms with van der Waals surface area (Å²) in [5.74, 6) is -0.721. The van der Waals surface area contributed by atoms with E-state index < -0.39 is 20.8 Å². The van der Waals surface area contributed by atoms with Gasteiger partial charge in [0.15, 0.2) is 5.11 Å². The van der Waals surface area contributed by atoms with E-state index >= 15 is 0 Å². The molecule has 0 radical (unpaired) electrons. The lowest BCUT2D eigenvalue weighted by Gasteiger charge is -2.28. The summed E-state index contributed by atoms with van der Waals surface area (Å²) < 4.78 is -2.01. The van der Waals surface area contributed by atoms with Gasteiger partial charge in [0.05, 0.1) is 15.6 Å². The van der Waals surface area contributed by atoms with Crippen LogP contribution in [0, 0.1) is 10.1 Å². The molecule has 0 spiro atoms. The minimum absolute atomic E-state index is 0.00277. The van der Waals surface area contributed by atoms with Crippen LogP contribution in [0.15, 0.2) is 42.5 Å². The number of benzene rings is 2. The number of non-ortho nitro benzene ring substituents is 1. The first-order valence-electron chi connectivity index (χ1n) is 7.62. The zero-order chi connectivity index (χ0) is 21.8. The van der Waals surface area contributed by atoms with Gasteiger partial charge in [0.25, 0.3) is 11.6 Å². The third-order valence-electron chi connectivity index (χ3n) is 3.37. The molecule has 13 heteroatoms. The van der Waals surface area contributed by atoms with Crippen molar-refractivity contribution in [1.29, 1.82) is 0 Å². The quantitative estimate of drug-likeness (QED) is 0.164. The van der Waals surface area contributed by atoms with E-state index in [9.17, 15) is 14.9 Å². The smallest absolute Gasteiger partial charge is 0.270 e. The maximum absolute atomic E-state index is 12.5. The molecule has 0 aliphatic heterocycles. The zero-order valence-electron chi connectivity index (χ0n) is 14.1. The molecule has 0 unspecified atom stereocenters. The van der Waals surface area contributed by atoms with E-state index in [1.54, 1.807) is 12.1 Å². The Hall–Kier alpha value is -1.55. The molecule has 7 nitrogen and oxygen atoms in total. The van der Waals surface area contributed by atoms with Crippen LogP contribution in [0.5, 0.6) is 0 Å². The van der Waals surface area contributed by atoms with Crippen molar-refractivity contribution in [3.63, 3.8) is 0 Å². The summed E-state index contributed by atoms with van der Waals surface area (Å²) in [6.07, 6.45) is -1.28. The Kier molecular flexibility index (Phi) is 8.16. The topological polar surface area (TPSA) is 96.3 Å². The molecule has 1 amide bonds. The Balaban J connectivity index is 2.14. The van der Waals surface area contributed by atoms with Gasteiger partial charge in [0.1, 0.15) is 6.17 Å². The average Bonchev–Trinajstić information content (AvgIpc) is 2.63. The van der Waals surface area contributed by atoms with Crippen molar-refractivity contribution in [2.75, 3.05) is 5.32 Å². The van der Waals surface area contributed by atoms with Gasteiger partial charge < -0.3 is 16.0 Å². The van der Waals surface area contributed by atoms with Crippen LogP contribution < -0.4 is 16.0 Å². The van der Waals surface area contributed by atoms with E-state index in [2.05, 4.69) is 16.0 Å². The van der Waals surface area contributed by atoms with E-state index in [4.69, 9.17) is 70.2 Å². The molecule has 3 N–H and O–H groups in total. The van der Waals surface area contributed by atoms with Gasteiger partial charge in [-0.3, -0.25) is 14.9 Å². The molecule has 0 aliphatic carbocycles. The first kappa shape index (κ1) is 23.7. The van der Waals surface area contributed by atoms with Crippen LogP contribution in [0.2, 0.25) is 10.0 Å². The van der Waals surface area contributed by atoms with E-state index in [-0.39, 0.29) is 16.4 Å². The van der Waals surface area contributed by atoms with Crippen molar-refractivity contribution >= 4 is 92.6 Å². The van der Waals surface area contributed by atoms with Gasteiger partial charge in [-0.15, -0.1) is 0 Å². The largest absolute Gasteiger partial charge is 0.339 e. The molecule has 1 atom stereocenters. The predicted molar refractivity (Wildman–Crippen MR) is 120 cm³/mol. The highest BCUT2D eigenvalue weighted by Gasteiger charge is 2.35. The van der Waals surface area contributed by atoms with Crippen LogP contribution in [-0.4, -0.2) is 25.9 Å². The lowest BCUT2D eigenvalue weighted by Crippen LogP contribution is -2.56. The second-order valence-electron chi connectivity index (χ2n) is 5.48. The number of nitro benzene ring substituents is 1. The summed E-state index contributed by atoms with van der Waals surface area (Å²) in [4.78, 5) is 22.7. The summed E-state index contributed by atoms with van der Waals surface area (Å²) in [5.41, 5.74) is 0.130. The number of nitrogens with zero attached hydrogens (tertiary/aromatic N) is 1. The van der Waals surface area contributed by atoms with Crippen LogP contribution in [0.25, 0.3) is 0 Å². The summed E-state index contributed by atoms with van der Waals surface area (Å²) in [6.45, 7) is 0. The maximum atomic E-state index is 12.5. The molecule has 0 heterocycles. The number of hydrogen-bond acceptors (Lipinski definition) is 4. The average molecular weight is 517 g/mol. The molecule has 0 saturated heterocycles. The van der Waals surface area contributed by atoms with Crippen molar-refractivity contribution < 1.29 is 9.72 Å². The minimum atomic E-state index is -2.01. The monoisotopic (exact) mass is 514 g/mol. The highest BCUT2D eigenvalue weighted by molar-refractivity contribution is 7.80. The van der Waals surface area contributed by atoms with Gasteiger partial charge in [0.2, 0.25) is 3.79 Å². The zero-order valence-corrected chi connectivity index (χ0v) is 18.7. The van der Waals surface area contributed by atoms with E-state index in [1.807, 2.05) is 0 Å². The maximum Gasteiger partial charge on any atom is 0.270 e. The Morgan fingerprint density at radius 2 is 1.79 bits per heavy atom. The number of rotatable bonds is 5. The third-order valence-corrected chi connectivity index (χ3v) is 4.81. The number of alkyl halides is 3. The van der Waals surface area contributed by atoms with E-state index in [0.717, 1.165) is 6.07 Å². The highest BCUT2D eigenvalue weighted by atomic mass is 35.6. The molecule has 0 aliphatic rings. The van der Waals surface area contributed by atoms with Gasteiger partial charge in [0, 0.05) is 22.7 Å². The van der Waals surface area contributed by atoms with Crippen LogP contribution in [0.3, 0.4) is 0 Å². The van der Waals surface area contributed by atoms with Crippen LogP contribution in [-0.2, 0) is 0 Å². The second kappa shape index (κ2) is 9.97. The third kappa shape index (κ3) is 7.02. The molecule has 2 aromatic carbocycles. The first-order valence-corrected chi connectivity index (χ1v) is 9.92. The van der Waals surface area contributed by atoms with Crippen LogP contribution >= 0.6 is 70.2 Å². The molecule has 2 rings (SSSR count). The van der Waals surface area contributed by atoms with Gasteiger partial charge >= 0.3 is 0 Å². The predicted octanol–water partition coefficient (Wildman–Crippen LogP) is 5.31. The van der Waals surface area contributed by atoms with Crippen LogP contribution in [0.1, 0.15) is 10.4 Å². The molecule has 0 fully saturated rings. The fourth-order valence-corrected chi connectivity index (χ4v) is 2.95. The fourth-order valence-electron chi connectivity index (χ4n) is 2.06. The van der Waals surface area contributed by atoms with Crippen molar-refractivity contribution in [2.45, 2.75) is 9.96 Å². The number of carbonyl (C=O) groups is 1. The van der Waals surface area contributed by atoms with Gasteiger partial charge in [-0.05, 0) is 36.5 Å². The lowest BCUT2D eigenvalue weighted by atomic mass is 10.2. The van der Waals surface area contributed by atoms with E-state index in [0.29, 0.717) is 15.7 Å². The van der Waals surface area contributed by atoms with Crippen molar-refractivity contribution in [3.05, 3.63) is 68.2 Å². The van der Waals surface area contributed by atoms with Crippen molar-refractivity contribution in [1.82, 2.24) is 10.6 Å². The number of anilines is 1. The number of nitro groups is 1. The molecular formula is C16H11Cl5N4O3S. The summed E-state index contributed by atoms with van der Waals surface area (Å²) in [5, 5.41) is 19.5. The Labute approximate surface area is 195 Å². The molecule has 154 valence electrons. The summed E-state index contributed by atoms with van der Waals surface area (Å²) in [6, 6.07) is 9.75. The van der Waals surface area contributed by atoms with E-state index in [1.165, 1.54) is 24.3 Å². The fraction of sp³-hybridized carbons (Fsp3) is 0.125. The summed E-state index contributed by atoms with van der Waals surface area (Å²) in [7, 11) is 0. The van der Waals surface area contributed by atoms with Gasteiger partial charge in [-0.25, -0.2) is 0 Å². The second-order valence-corrected chi connectivity index (χ2v) is 9.10. The highest BCUT2D eigenvalue weighted by Crippen LogP contribution is 2.30. The van der Waals surface area contributed by atoms with Crippen LogP contribution in [0.4, 0.5) is 11.4 Å². The number of nitrogens with one attached hydrogen (secondary N) is 3. The number of amides is 1. The summed E-state index contributed by atoms with van der Waals surface area (Å²) >= 11 is 34.9. The molecule has 0 bridgehead atoms. The normalized spacial score (nSPS) is 12.0. The Bertz CT molecular complexity index is 954. The minimum Gasteiger partial charge on any atom is -0.339 e. The lowest BCUT2D eigenvalue weighted by molar-refractivity contribution is -0.384. The van der Waals surface area contributed by atoms with Gasteiger partial charge in [-0.1, -0.05) is 64.1 Å². The number of halogens is 5. The molecule has 0 saturated carbocycles. The molecular weight excluding hydrogens is 506 g/mol. The first-order chi connectivity index (χ1) is 13.5. The number of thiocarbonyl (C=S) groups is 1. The molecule has 2 aromatic rings. The Morgan fingerprint density at radius 3 is 2.41 bits per heavy atom. The molecule has 0 aromatic heterocycles. The van der Waals surface area contributed by atoms with Crippen molar-refractivity contribution in [2.24, 2.45) is 0 Å². The van der Waals surface area contributed by atoms with Crippen molar-refractivity contribution in [3.8, 4) is 0 Å². The number of carbonyl (C=O) groups excluding carboxylic acids is 1. The molecule has 29 heavy (non-hydrogen) atoms. The van der Waals surface area contributed by atoms with Gasteiger partial charge in [-0.2, -0.15) is 0 Å². The SMILES string of the molecule is O=C(N[C@H](NC(=S)Nc1cc(Cl)ccc1Cl)C(Cl)(Cl)Cl)c1cccc([N+](=O)[O-])c1. The Morgan fingerprint density at radius 1 is 1.10 bits per heavy atom.